The first-order valence-electron chi connectivity index (χ1n) is 10.5. The van der Waals surface area contributed by atoms with E-state index in [1.807, 2.05) is 0 Å². The van der Waals surface area contributed by atoms with Crippen molar-refractivity contribution in [3.8, 4) is 11.5 Å². The van der Waals surface area contributed by atoms with Crippen LogP contribution in [0.2, 0.25) is 0 Å². The van der Waals surface area contributed by atoms with Gasteiger partial charge in [-0.25, -0.2) is 12.8 Å². The van der Waals surface area contributed by atoms with Crippen molar-refractivity contribution in [1.82, 2.24) is 10.2 Å². The highest BCUT2D eigenvalue weighted by molar-refractivity contribution is 7.92. The lowest BCUT2D eigenvalue weighted by molar-refractivity contribution is -0.139. The van der Waals surface area contributed by atoms with E-state index in [-0.39, 0.29) is 23.5 Å². The van der Waals surface area contributed by atoms with Crippen LogP contribution in [0.1, 0.15) is 19.4 Å². The Labute approximate surface area is 199 Å². The van der Waals surface area contributed by atoms with Crippen LogP contribution in [0.5, 0.6) is 11.5 Å². The minimum Gasteiger partial charge on any atom is -0.493 e. The Balaban J connectivity index is 2.45. The van der Waals surface area contributed by atoms with Crippen molar-refractivity contribution in [2.75, 3.05) is 37.9 Å². The van der Waals surface area contributed by atoms with E-state index in [0.29, 0.717) is 12.3 Å². The number of benzene rings is 2. The van der Waals surface area contributed by atoms with Crippen LogP contribution in [0.25, 0.3) is 0 Å². The molecule has 2 rings (SSSR count). The van der Waals surface area contributed by atoms with Crippen LogP contribution < -0.4 is 19.1 Å². The molecule has 2 amide bonds. The number of nitrogens with one attached hydrogen (secondary N) is 1. The maximum absolute atomic E-state index is 14.3. The molecular formula is C23H30FN3O6S. The molecule has 186 valence electrons. The van der Waals surface area contributed by atoms with Crippen LogP contribution in [0.4, 0.5) is 10.1 Å². The predicted molar refractivity (Wildman–Crippen MR) is 127 cm³/mol. The van der Waals surface area contributed by atoms with Gasteiger partial charge in [0.2, 0.25) is 21.8 Å². The second-order valence-corrected chi connectivity index (χ2v) is 9.40. The second kappa shape index (κ2) is 11.7. The molecule has 0 radical (unpaired) electrons. The molecule has 0 aliphatic carbocycles. The number of carbonyl (C=O) groups is 2. The number of ether oxygens (including phenoxy) is 2. The first-order valence-corrected chi connectivity index (χ1v) is 12.4. The number of nitrogens with zero attached hydrogens (tertiary/aromatic N) is 2. The Morgan fingerprint density at radius 1 is 1.09 bits per heavy atom. The van der Waals surface area contributed by atoms with E-state index < -0.39 is 40.2 Å². The van der Waals surface area contributed by atoms with Crippen molar-refractivity contribution in [1.29, 1.82) is 0 Å². The zero-order chi connectivity index (χ0) is 25.5. The molecule has 2 aromatic carbocycles. The Morgan fingerprint density at radius 2 is 1.74 bits per heavy atom. The lowest BCUT2D eigenvalue weighted by Crippen LogP contribution is -2.51. The van der Waals surface area contributed by atoms with Gasteiger partial charge < -0.3 is 19.7 Å². The monoisotopic (exact) mass is 495 g/mol. The molecule has 0 bridgehead atoms. The van der Waals surface area contributed by atoms with Gasteiger partial charge in [0.05, 0.1) is 26.2 Å². The highest BCUT2D eigenvalue weighted by Crippen LogP contribution is 2.32. The Bertz CT molecular complexity index is 1130. The highest BCUT2D eigenvalue weighted by Gasteiger charge is 2.30. The summed E-state index contributed by atoms with van der Waals surface area (Å²) in [6, 6.07) is 9.34. The van der Waals surface area contributed by atoms with Crippen LogP contribution in [0.3, 0.4) is 0 Å². The van der Waals surface area contributed by atoms with Crippen molar-refractivity contribution in [2.24, 2.45) is 0 Å². The molecule has 0 saturated heterocycles. The molecule has 9 nitrogen and oxygen atoms in total. The Hall–Kier alpha value is -3.34. The summed E-state index contributed by atoms with van der Waals surface area (Å²) in [5, 5.41) is 2.64. The van der Waals surface area contributed by atoms with E-state index in [9.17, 15) is 22.4 Å². The summed E-state index contributed by atoms with van der Waals surface area (Å²) in [6.07, 6.45) is 0.964. The van der Waals surface area contributed by atoms with E-state index in [1.54, 1.807) is 13.0 Å². The van der Waals surface area contributed by atoms with Crippen molar-refractivity contribution in [3.05, 3.63) is 53.8 Å². The molecule has 1 N–H and O–H groups in total. The number of halogens is 1. The zero-order valence-corrected chi connectivity index (χ0v) is 20.7. The normalized spacial score (nSPS) is 11.9. The summed E-state index contributed by atoms with van der Waals surface area (Å²) in [4.78, 5) is 27.0. The van der Waals surface area contributed by atoms with Crippen molar-refractivity contribution >= 4 is 27.5 Å². The Morgan fingerprint density at radius 3 is 2.29 bits per heavy atom. The molecule has 0 fully saturated rings. The summed E-state index contributed by atoms with van der Waals surface area (Å²) in [5.41, 5.74) is 0.369. The molecule has 0 saturated carbocycles. The molecule has 0 heterocycles. The van der Waals surface area contributed by atoms with Crippen molar-refractivity contribution < 1.29 is 31.9 Å². The number of likely N-dealkylation sites (N-methyl/N-ethyl adjacent to an activating group) is 1. The average molecular weight is 496 g/mol. The summed E-state index contributed by atoms with van der Waals surface area (Å²) in [5.74, 6) is -0.994. The Kier molecular flexibility index (Phi) is 9.25. The highest BCUT2D eigenvalue weighted by atomic mass is 32.2. The number of rotatable bonds is 11. The van der Waals surface area contributed by atoms with Crippen molar-refractivity contribution in [2.45, 2.75) is 26.4 Å². The lowest BCUT2D eigenvalue weighted by Gasteiger charge is -2.31. The lowest BCUT2D eigenvalue weighted by atomic mass is 10.1. The molecule has 1 atom stereocenters. The van der Waals surface area contributed by atoms with E-state index in [1.165, 1.54) is 57.5 Å². The quantitative estimate of drug-likeness (QED) is 0.512. The molecule has 2 aromatic rings. The minimum absolute atomic E-state index is 0.171. The SMILES string of the molecule is CCNC(=O)C(C)N(Cc1ccccc1F)C(=O)CN(c1ccc(OC)c(OC)c1)S(C)(=O)=O. The minimum atomic E-state index is -3.91. The molecule has 34 heavy (non-hydrogen) atoms. The van der Waals surface area contributed by atoms with Gasteiger partial charge in [-0.2, -0.15) is 0 Å². The first kappa shape index (κ1) is 26.9. The van der Waals surface area contributed by atoms with Gasteiger partial charge in [-0.3, -0.25) is 13.9 Å². The van der Waals surface area contributed by atoms with Gasteiger partial charge in [0, 0.05) is 24.7 Å². The standard InChI is InChI=1S/C23H30FN3O6S/c1-6-25-23(29)16(2)26(14-17-9-7-8-10-19(17)24)22(28)15-27(34(5,30)31)18-11-12-20(32-3)21(13-18)33-4/h7-13,16H,6,14-15H2,1-5H3,(H,25,29). The molecule has 0 aromatic heterocycles. The van der Waals surface area contributed by atoms with Gasteiger partial charge in [-0.15, -0.1) is 0 Å². The molecule has 0 spiro atoms. The number of amides is 2. The van der Waals surface area contributed by atoms with Gasteiger partial charge >= 0.3 is 0 Å². The summed E-state index contributed by atoms with van der Waals surface area (Å²) in [6.45, 7) is 2.76. The predicted octanol–water partition coefficient (Wildman–Crippen LogP) is 2.16. The third-order valence-corrected chi connectivity index (χ3v) is 6.29. The number of methoxy groups -OCH3 is 2. The van der Waals surface area contributed by atoms with Gasteiger partial charge in [0.1, 0.15) is 18.4 Å². The largest absolute Gasteiger partial charge is 0.493 e. The topological polar surface area (TPSA) is 105 Å². The third kappa shape index (κ3) is 6.60. The van der Waals surface area contributed by atoms with Crippen LogP contribution >= 0.6 is 0 Å². The van der Waals surface area contributed by atoms with Gasteiger partial charge in [-0.05, 0) is 32.0 Å². The maximum Gasteiger partial charge on any atom is 0.244 e. The van der Waals surface area contributed by atoms with E-state index >= 15 is 0 Å². The third-order valence-electron chi connectivity index (χ3n) is 5.15. The molecule has 0 aliphatic rings. The molecular weight excluding hydrogens is 465 g/mol. The fourth-order valence-electron chi connectivity index (χ4n) is 3.31. The fourth-order valence-corrected chi connectivity index (χ4v) is 4.15. The van der Waals surface area contributed by atoms with E-state index in [2.05, 4.69) is 5.32 Å². The van der Waals surface area contributed by atoms with Crippen LogP contribution in [-0.4, -0.2) is 64.7 Å². The maximum atomic E-state index is 14.3. The summed E-state index contributed by atoms with van der Waals surface area (Å²) in [7, 11) is -1.07. The smallest absolute Gasteiger partial charge is 0.244 e. The van der Waals surface area contributed by atoms with E-state index in [4.69, 9.17) is 9.47 Å². The first-order chi connectivity index (χ1) is 16.0. The van der Waals surface area contributed by atoms with Gasteiger partial charge in [-0.1, -0.05) is 18.2 Å². The van der Waals surface area contributed by atoms with Crippen LogP contribution in [0.15, 0.2) is 42.5 Å². The van der Waals surface area contributed by atoms with E-state index in [0.717, 1.165) is 15.5 Å². The van der Waals surface area contributed by atoms with Crippen molar-refractivity contribution in [3.63, 3.8) is 0 Å². The number of hydrogen-bond acceptors (Lipinski definition) is 6. The number of anilines is 1. The summed E-state index contributed by atoms with van der Waals surface area (Å²) < 4.78 is 50.9. The molecule has 1 unspecified atom stereocenters. The number of hydrogen-bond donors (Lipinski definition) is 1. The van der Waals surface area contributed by atoms with Crippen LogP contribution in [0, 0.1) is 5.82 Å². The molecule has 11 heteroatoms. The average Bonchev–Trinajstić information content (AvgIpc) is 2.80. The summed E-state index contributed by atoms with van der Waals surface area (Å²) >= 11 is 0. The number of sulfonamides is 1. The second-order valence-electron chi connectivity index (χ2n) is 7.49. The van der Waals surface area contributed by atoms with Crippen LogP contribution in [-0.2, 0) is 26.2 Å². The zero-order valence-electron chi connectivity index (χ0n) is 19.9. The van der Waals surface area contributed by atoms with Gasteiger partial charge in [0.25, 0.3) is 0 Å². The van der Waals surface area contributed by atoms with Gasteiger partial charge in [0.15, 0.2) is 11.5 Å². The fraction of sp³-hybridized carbons (Fsp3) is 0.391. The number of carbonyl (C=O) groups excluding carboxylic acids is 2. The molecule has 0 aliphatic heterocycles.